The molecule has 0 unspecified atom stereocenters. The van der Waals surface area contributed by atoms with Gasteiger partial charge in [-0.25, -0.2) is 18.1 Å². The van der Waals surface area contributed by atoms with Gasteiger partial charge in [0.25, 0.3) is 0 Å². The van der Waals surface area contributed by atoms with Crippen molar-refractivity contribution in [3.8, 4) is 6.07 Å². The maximum atomic E-state index is 12.3. The van der Waals surface area contributed by atoms with Crippen LogP contribution in [0.5, 0.6) is 0 Å². The molecule has 0 bridgehead atoms. The van der Waals surface area contributed by atoms with Gasteiger partial charge in [-0.2, -0.15) is 5.26 Å². The number of sulfonamides is 1. The van der Waals surface area contributed by atoms with E-state index in [1.807, 2.05) is 48.5 Å². The van der Waals surface area contributed by atoms with E-state index in [0.29, 0.717) is 12.2 Å². The van der Waals surface area contributed by atoms with Crippen LogP contribution in [-0.2, 0) is 22.3 Å². The molecule has 0 aliphatic heterocycles. The van der Waals surface area contributed by atoms with Crippen LogP contribution >= 0.6 is 0 Å². The summed E-state index contributed by atoms with van der Waals surface area (Å²) in [6, 6.07) is 18.7. The normalized spacial score (nSPS) is 11.5. The third-order valence-electron chi connectivity index (χ3n) is 4.18. The number of aromatic nitrogens is 1. The van der Waals surface area contributed by atoms with Gasteiger partial charge in [0.2, 0.25) is 10.0 Å². The highest BCUT2D eigenvalue weighted by Gasteiger charge is 2.15. The number of pyridine rings is 1. The molecule has 0 spiro atoms. The average Bonchev–Trinajstić information content (AvgIpc) is 2.65. The number of hydrogen-bond donors (Lipinski definition) is 2. The number of rotatable bonds is 7. The van der Waals surface area contributed by atoms with Crippen molar-refractivity contribution in [2.75, 3.05) is 5.32 Å². The summed E-state index contributed by atoms with van der Waals surface area (Å²) in [5.41, 5.74) is 3.48. The lowest BCUT2D eigenvalue weighted by Crippen LogP contribution is -2.31. The van der Waals surface area contributed by atoms with E-state index in [2.05, 4.69) is 21.1 Å². The van der Waals surface area contributed by atoms with Gasteiger partial charge in [0, 0.05) is 23.7 Å². The van der Waals surface area contributed by atoms with Gasteiger partial charge in [-0.1, -0.05) is 42.5 Å². The number of nitriles is 1. The zero-order valence-corrected chi connectivity index (χ0v) is 16.6. The maximum absolute atomic E-state index is 12.3. The van der Waals surface area contributed by atoms with E-state index >= 15 is 0 Å². The Kier molecular flexibility index (Phi) is 5.93. The van der Waals surface area contributed by atoms with Crippen molar-refractivity contribution in [2.24, 2.45) is 0 Å². The molecule has 7 heteroatoms. The van der Waals surface area contributed by atoms with Crippen molar-refractivity contribution < 1.29 is 8.42 Å². The molecular formula is C21H22N4O2S. The summed E-state index contributed by atoms with van der Waals surface area (Å²) in [4.78, 5) is 4.31. The Morgan fingerprint density at radius 2 is 1.75 bits per heavy atom. The minimum atomic E-state index is -3.42. The Morgan fingerprint density at radius 3 is 2.46 bits per heavy atom. The van der Waals surface area contributed by atoms with Crippen molar-refractivity contribution in [1.29, 1.82) is 5.26 Å². The van der Waals surface area contributed by atoms with E-state index in [1.165, 1.54) is 0 Å². The first-order chi connectivity index (χ1) is 13.4. The quantitative estimate of drug-likeness (QED) is 0.639. The smallest absolute Gasteiger partial charge is 0.216 e. The Balaban J connectivity index is 1.87. The number of nitrogens with one attached hydrogen (secondary N) is 2. The molecule has 0 amide bonds. The largest absolute Gasteiger partial charge is 0.380 e. The molecule has 1 aromatic heterocycles. The summed E-state index contributed by atoms with van der Waals surface area (Å²) < 4.78 is 27.3. The molecule has 0 saturated heterocycles. The number of fused-ring (bicyclic) bond motifs is 1. The van der Waals surface area contributed by atoms with Gasteiger partial charge in [-0.15, -0.1) is 0 Å². The summed E-state index contributed by atoms with van der Waals surface area (Å²) in [5.74, 6) is -0.0798. The molecule has 3 aromatic rings. The molecule has 3 rings (SSSR count). The van der Waals surface area contributed by atoms with Crippen LogP contribution < -0.4 is 10.0 Å². The van der Waals surface area contributed by atoms with Crippen LogP contribution in [0.3, 0.4) is 0 Å². The Hall–Kier alpha value is -2.95. The molecule has 1 heterocycles. The van der Waals surface area contributed by atoms with E-state index in [0.717, 1.165) is 27.7 Å². The van der Waals surface area contributed by atoms with Crippen molar-refractivity contribution in [3.05, 3.63) is 71.4 Å². The molecule has 144 valence electrons. The summed E-state index contributed by atoms with van der Waals surface area (Å²) >= 11 is 0. The van der Waals surface area contributed by atoms with Crippen LogP contribution in [0.15, 0.2) is 54.6 Å². The van der Waals surface area contributed by atoms with Crippen molar-refractivity contribution in [1.82, 2.24) is 9.71 Å². The lowest BCUT2D eigenvalue weighted by molar-refractivity contribution is 0.569. The number of hydrogen-bond acceptors (Lipinski definition) is 5. The van der Waals surface area contributed by atoms with Gasteiger partial charge in [0.1, 0.15) is 11.8 Å². The predicted octanol–water partition coefficient (Wildman–Crippen LogP) is 3.55. The zero-order valence-electron chi connectivity index (χ0n) is 15.8. The molecule has 0 aliphatic rings. The zero-order chi connectivity index (χ0) is 20.1. The Labute approximate surface area is 165 Å². The fourth-order valence-electron chi connectivity index (χ4n) is 3.05. The highest BCUT2D eigenvalue weighted by molar-refractivity contribution is 7.88. The fourth-order valence-corrected chi connectivity index (χ4v) is 4.54. The first-order valence-electron chi connectivity index (χ1n) is 8.98. The summed E-state index contributed by atoms with van der Waals surface area (Å²) in [5, 5.41) is 13.5. The number of nitrogens with zero attached hydrogens (tertiary/aromatic N) is 2. The minimum absolute atomic E-state index is 0.0798. The highest BCUT2D eigenvalue weighted by Crippen LogP contribution is 2.24. The standard InChI is InChI=1S/C21H22N4O2S/c1-15(2)25-28(26,27)14-17-8-4-3-7-16(17)13-23-21-11-18(12-22)24-20-10-6-5-9-19(20)21/h3-11,15,25H,13-14H2,1-2H3,(H,23,24). The first kappa shape index (κ1) is 19.8. The van der Waals surface area contributed by atoms with Crippen LogP contribution in [0.1, 0.15) is 30.7 Å². The topological polar surface area (TPSA) is 94.9 Å². The lowest BCUT2D eigenvalue weighted by atomic mass is 10.1. The molecular weight excluding hydrogens is 372 g/mol. The van der Waals surface area contributed by atoms with Gasteiger partial charge in [0.15, 0.2) is 0 Å². The van der Waals surface area contributed by atoms with Crippen LogP contribution in [0.4, 0.5) is 5.69 Å². The van der Waals surface area contributed by atoms with E-state index in [-0.39, 0.29) is 11.8 Å². The third kappa shape index (κ3) is 4.85. The lowest BCUT2D eigenvalue weighted by Gasteiger charge is -2.15. The van der Waals surface area contributed by atoms with Gasteiger partial charge >= 0.3 is 0 Å². The average molecular weight is 395 g/mol. The molecule has 0 fully saturated rings. The van der Waals surface area contributed by atoms with Gasteiger partial charge < -0.3 is 5.32 Å². The summed E-state index contributed by atoms with van der Waals surface area (Å²) in [6.45, 7) is 4.03. The number of para-hydroxylation sites is 1. The number of anilines is 1. The SMILES string of the molecule is CC(C)NS(=O)(=O)Cc1ccccc1CNc1cc(C#N)nc2ccccc12. The Morgan fingerprint density at radius 1 is 1.07 bits per heavy atom. The molecule has 6 nitrogen and oxygen atoms in total. The van der Waals surface area contributed by atoms with Crippen LogP contribution in [-0.4, -0.2) is 19.4 Å². The van der Waals surface area contributed by atoms with E-state index in [1.54, 1.807) is 19.9 Å². The van der Waals surface area contributed by atoms with E-state index in [9.17, 15) is 13.7 Å². The first-order valence-corrected chi connectivity index (χ1v) is 10.6. The third-order valence-corrected chi connectivity index (χ3v) is 5.70. The molecule has 0 aliphatic carbocycles. The second-order valence-electron chi connectivity index (χ2n) is 6.84. The second-order valence-corrected chi connectivity index (χ2v) is 8.59. The van der Waals surface area contributed by atoms with E-state index in [4.69, 9.17) is 0 Å². The fraction of sp³-hybridized carbons (Fsp3) is 0.238. The Bertz CT molecular complexity index is 1130. The number of benzene rings is 2. The minimum Gasteiger partial charge on any atom is -0.380 e. The predicted molar refractivity (Wildman–Crippen MR) is 111 cm³/mol. The molecule has 0 atom stereocenters. The monoisotopic (exact) mass is 394 g/mol. The molecule has 28 heavy (non-hydrogen) atoms. The summed E-state index contributed by atoms with van der Waals surface area (Å²) in [7, 11) is -3.42. The summed E-state index contributed by atoms with van der Waals surface area (Å²) in [6.07, 6.45) is 0. The molecule has 2 N–H and O–H groups in total. The van der Waals surface area contributed by atoms with E-state index < -0.39 is 10.0 Å². The molecule has 0 saturated carbocycles. The van der Waals surface area contributed by atoms with Crippen molar-refractivity contribution >= 4 is 26.6 Å². The van der Waals surface area contributed by atoms with Gasteiger partial charge in [-0.05, 0) is 37.1 Å². The highest BCUT2D eigenvalue weighted by atomic mass is 32.2. The van der Waals surface area contributed by atoms with Crippen LogP contribution in [0, 0.1) is 11.3 Å². The van der Waals surface area contributed by atoms with Gasteiger partial charge in [-0.3, -0.25) is 0 Å². The van der Waals surface area contributed by atoms with Crippen molar-refractivity contribution in [3.63, 3.8) is 0 Å². The van der Waals surface area contributed by atoms with Crippen LogP contribution in [0.2, 0.25) is 0 Å². The molecule has 0 radical (unpaired) electrons. The van der Waals surface area contributed by atoms with Gasteiger partial charge in [0.05, 0.1) is 11.3 Å². The second kappa shape index (κ2) is 8.38. The van der Waals surface area contributed by atoms with Crippen LogP contribution in [0.25, 0.3) is 10.9 Å². The van der Waals surface area contributed by atoms with Crippen molar-refractivity contribution in [2.45, 2.75) is 32.2 Å². The molecule has 2 aromatic carbocycles. The maximum Gasteiger partial charge on any atom is 0.216 e.